The van der Waals surface area contributed by atoms with E-state index < -0.39 is 0 Å². The van der Waals surface area contributed by atoms with Crippen molar-refractivity contribution in [2.24, 2.45) is 0 Å². The van der Waals surface area contributed by atoms with Crippen LogP contribution in [0.25, 0.3) is 11.4 Å². The number of nitrogens with two attached hydrogens (primary N) is 1. The Morgan fingerprint density at radius 3 is 2.85 bits per heavy atom. The lowest BCUT2D eigenvalue weighted by molar-refractivity contribution is 1.29. The van der Waals surface area contributed by atoms with Gasteiger partial charge in [-0.15, -0.1) is 0 Å². The van der Waals surface area contributed by atoms with E-state index >= 15 is 0 Å². The summed E-state index contributed by atoms with van der Waals surface area (Å²) in [4.78, 5) is 7.24. The summed E-state index contributed by atoms with van der Waals surface area (Å²) in [6, 6.07) is 5.80. The third kappa shape index (κ3) is 1.40. The highest BCUT2D eigenvalue weighted by atomic mass is 14.9. The van der Waals surface area contributed by atoms with Crippen LogP contribution in [-0.4, -0.2) is 9.97 Å². The minimum Gasteiger partial charge on any atom is -0.399 e. The van der Waals surface area contributed by atoms with Crippen LogP contribution in [0.5, 0.6) is 0 Å². The summed E-state index contributed by atoms with van der Waals surface area (Å²) in [5.74, 6) is 0.887. The van der Waals surface area contributed by atoms with E-state index in [-0.39, 0.29) is 0 Å². The number of H-pyrrole nitrogens is 1. The number of benzene rings is 1. The van der Waals surface area contributed by atoms with Gasteiger partial charge in [-0.2, -0.15) is 0 Å². The second-order valence-electron chi connectivity index (χ2n) is 3.01. The maximum Gasteiger partial charge on any atom is 0.137 e. The van der Waals surface area contributed by atoms with Crippen LogP contribution in [0.15, 0.2) is 30.6 Å². The van der Waals surface area contributed by atoms with Crippen molar-refractivity contribution in [1.29, 1.82) is 0 Å². The Hall–Kier alpha value is -1.77. The first-order chi connectivity index (χ1) is 6.27. The number of hydrogen-bond donors (Lipinski definition) is 2. The highest BCUT2D eigenvalue weighted by molar-refractivity contribution is 5.63. The van der Waals surface area contributed by atoms with Crippen LogP contribution in [0.2, 0.25) is 0 Å². The minimum atomic E-state index is 0.785. The first-order valence-electron chi connectivity index (χ1n) is 4.13. The molecule has 2 aromatic rings. The Bertz CT molecular complexity index is 404. The lowest BCUT2D eigenvalue weighted by atomic mass is 10.1. The molecule has 0 saturated heterocycles. The molecule has 13 heavy (non-hydrogen) atoms. The van der Waals surface area contributed by atoms with Crippen molar-refractivity contribution in [2.45, 2.75) is 6.92 Å². The van der Waals surface area contributed by atoms with E-state index in [1.54, 1.807) is 6.20 Å². The number of anilines is 1. The highest BCUT2D eigenvalue weighted by Crippen LogP contribution is 2.21. The molecule has 0 saturated carbocycles. The number of aromatic amines is 1. The first kappa shape index (κ1) is 7.86. The molecule has 0 atom stereocenters. The molecular weight excluding hydrogens is 162 g/mol. The first-order valence-corrected chi connectivity index (χ1v) is 4.13. The minimum absolute atomic E-state index is 0.785. The molecule has 0 bridgehead atoms. The normalized spacial score (nSPS) is 10.2. The second kappa shape index (κ2) is 2.94. The second-order valence-corrected chi connectivity index (χ2v) is 3.01. The average molecular weight is 173 g/mol. The maximum atomic E-state index is 5.65. The van der Waals surface area contributed by atoms with Crippen molar-refractivity contribution in [3.63, 3.8) is 0 Å². The summed E-state index contributed by atoms with van der Waals surface area (Å²) in [6.07, 6.45) is 3.55. The number of aryl methyl sites for hydroxylation is 1. The van der Waals surface area contributed by atoms with Crippen LogP contribution >= 0.6 is 0 Å². The molecule has 1 heterocycles. The Labute approximate surface area is 76.6 Å². The van der Waals surface area contributed by atoms with Gasteiger partial charge in [-0.25, -0.2) is 4.98 Å². The molecule has 66 valence electrons. The van der Waals surface area contributed by atoms with Crippen LogP contribution < -0.4 is 5.73 Å². The van der Waals surface area contributed by atoms with Gasteiger partial charge in [-0.1, -0.05) is 0 Å². The van der Waals surface area contributed by atoms with E-state index in [2.05, 4.69) is 9.97 Å². The summed E-state index contributed by atoms with van der Waals surface area (Å²) in [6.45, 7) is 2.02. The van der Waals surface area contributed by atoms with Gasteiger partial charge in [0.25, 0.3) is 0 Å². The SMILES string of the molecule is Cc1cc(N)ccc1-c1ncc[nH]1. The van der Waals surface area contributed by atoms with E-state index in [1.807, 2.05) is 31.3 Å². The third-order valence-corrected chi connectivity index (χ3v) is 2.00. The quantitative estimate of drug-likeness (QED) is 0.648. The number of aromatic nitrogens is 2. The van der Waals surface area contributed by atoms with E-state index in [0.717, 1.165) is 22.6 Å². The Morgan fingerprint density at radius 2 is 2.23 bits per heavy atom. The molecule has 3 N–H and O–H groups in total. The predicted octanol–water partition coefficient (Wildman–Crippen LogP) is 1.97. The molecule has 0 radical (unpaired) electrons. The van der Waals surface area contributed by atoms with Crippen molar-refractivity contribution in [3.05, 3.63) is 36.2 Å². The largest absolute Gasteiger partial charge is 0.399 e. The molecule has 2 rings (SSSR count). The van der Waals surface area contributed by atoms with Crippen molar-refractivity contribution in [1.82, 2.24) is 9.97 Å². The molecule has 1 aromatic heterocycles. The zero-order valence-electron chi connectivity index (χ0n) is 7.41. The van der Waals surface area contributed by atoms with Crippen molar-refractivity contribution < 1.29 is 0 Å². The van der Waals surface area contributed by atoms with Crippen LogP contribution in [-0.2, 0) is 0 Å². The third-order valence-electron chi connectivity index (χ3n) is 2.00. The molecule has 3 heteroatoms. The van der Waals surface area contributed by atoms with Gasteiger partial charge in [0.15, 0.2) is 0 Å². The van der Waals surface area contributed by atoms with Crippen molar-refractivity contribution in [2.75, 3.05) is 5.73 Å². The molecule has 0 aliphatic heterocycles. The lowest BCUT2D eigenvalue weighted by Crippen LogP contribution is -1.89. The van der Waals surface area contributed by atoms with Gasteiger partial charge in [-0.3, -0.25) is 0 Å². The zero-order valence-corrected chi connectivity index (χ0v) is 7.41. The number of nitrogens with zero attached hydrogens (tertiary/aromatic N) is 1. The number of imidazole rings is 1. The van der Waals surface area contributed by atoms with E-state index in [9.17, 15) is 0 Å². The van der Waals surface area contributed by atoms with Crippen molar-refractivity contribution >= 4 is 5.69 Å². The fourth-order valence-corrected chi connectivity index (χ4v) is 1.37. The molecule has 0 amide bonds. The van der Waals surface area contributed by atoms with Gasteiger partial charge in [0.1, 0.15) is 5.82 Å². The van der Waals surface area contributed by atoms with Gasteiger partial charge in [0.05, 0.1) is 0 Å². The number of hydrogen-bond acceptors (Lipinski definition) is 2. The molecule has 0 aliphatic carbocycles. The highest BCUT2D eigenvalue weighted by Gasteiger charge is 2.02. The molecule has 3 nitrogen and oxygen atoms in total. The lowest BCUT2D eigenvalue weighted by Gasteiger charge is -2.02. The van der Waals surface area contributed by atoms with Crippen LogP contribution in [0, 0.1) is 6.92 Å². The Morgan fingerprint density at radius 1 is 1.38 bits per heavy atom. The Kier molecular flexibility index (Phi) is 1.77. The number of nitrogens with one attached hydrogen (secondary N) is 1. The summed E-state index contributed by atoms with van der Waals surface area (Å²) < 4.78 is 0. The molecular formula is C10H11N3. The molecule has 0 fully saturated rings. The van der Waals surface area contributed by atoms with E-state index in [0.29, 0.717) is 0 Å². The summed E-state index contributed by atoms with van der Waals surface area (Å²) in [5.41, 5.74) is 8.67. The van der Waals surface area contributed by atoms with Gasteiger partial charge < -0.3 is 10.7 Å². The summed E-state index contributed by atoms with van der Waals surface area (Å²) in [7, 11) is 0. The van der Waals surface area contributed by atoms with Gasteiger partial charge >= 0.3 is 0 Å². The van der Waals surface area contributed by atoms with Crippen molar-refractivity contribution in [3.8, 4) is 11.4 Å². The van der Waals surface area contributed by atoms with Crippen LogP contribution in [0.1, 0.15) is 5.56 Å². The zero-order chi connectivity index (χ0) is 9.26. The fraction of sp³-hybridized carbons (Fsp3) is 0.100. The standard InChI is InChI=1S/C10H11N3/c1-7-6-8(11)2-3-9(7)10-12-4-5-13-10/h2-6H,11H2,1H3,(H,12,13). The summed E-state index contributed by atoms with van der Waals surface area (Å²) >= 11 is 0. The molecule has 0 unspecified atom stereocenters. The fourth-order valence-electron chi connectivity index (χ4n) is 1.37. The monoisotopic (exact) mass is 173 g/mol. The molecule has 0 aliphatic rings. The molecule has 1 aromatic carbocycles. The average Bonchev–Trinajstić information content (AvgIpc) is 2.56. The van der Waals surface area contributed by atoms with E-state index in [1.165, 1.54) is 0 Å². The topological polar surface area (TPSA) is 54.7 Å². The maximum absolute atomic E-state index is 5.65. The van der Waals surface area contributed by atoms with E-state index in [4.69, 9.17) is 5.73 Å². The van der Waals surface area contributed by atoms with Gasteiger partial charge in [-0.05, 0) is 30.7 Å². The van der Waals surface area contributed by atoms with Gasteiger partial charge in [0.2, 0.25) is 0 Å². The predicted molar refractivity (Wildman–Crippen MR) is 53.2 cm³/mol. The number of rotatable bonds is 1. The van der Waals surface area contributed by atoms with Crippen LogP contribution in [0.3, 0.4) is 0 Å². The Balaban J connectivity index is 2.53. The van der Waals surface area contributed by atoms with Gasteiger partial charge in [0, 0.05) is 23.6 Å². The van der Waals surface area contributed by atoms with Crippen LogP contribution in [0.4, 0.5) is 5.69 Å². The number of nitrogen functional groups attached to an aromatic ring is 1. The molecule has 0 spiro atoms. The summed E-state index contributed by atoms with van der Waals surface area (Å²) in [5, 5.41) is 0. The smallest absolute Gasteiger partial charge is 0.137 e.